The summed E-state index contributed by atoms with van der Waals surface area (Å²) in [5.41, 5.74) is 3.58. The summed E-state index contributed by atoms with van der Waals surface area (Å²) in [7, 11) is 0. The van der Waals surface area contributed by atoms with Crippen LogP contribution < -0.4 is 15.0 Å². The van der Waals surface area contributed by atoms with Crippen molar-refractivity contribution in [2.24, 2.45) is 5.92 Å². The van der Waals surface area contributed by atoms with Gasteiger partial charge in [-0.2, -0.15) is 0 Å². The molecule has 0 fully saturated rings. The average Bonchev–Trinajstić information content (AvgIpc) is 3.44. The molecule has 8 nitrogen and oxygen atoms in total. The molecule has 3 aromatic rings. The zero-order chi connectivity index (χ0) is 26.3. The van der Waals surface area contributed by atoms with Gasteiger partial charge in [0.1, 0.15) is 17.3 Å². The second-order valence-corrected chi connectivity index (χ2v) is 11.6. The van der Waals surface area contributed by atoms with E-state index in [1.165, 1.54) is 16.2 Å². The molecule has 2 unspecified atom stereocenters. The predicted octanol–water partition coefficient (Wildman–Crippen LogP) is 5.23. The smallest absolute Gasteiger partial charge is 0.341 e. The van der Waals surface area contributed by atoms with Crippen LogP contribution in [-0.2, 0) is 27.2 Å². The lowest BCUT2D eigenvalue weighted by atomic mass is 9.88. The molecule has 2 amide bonds. The number of thiazole rings is 1. The molecule has 0 bridgehead atoms. The second kappa shape index (κ2) is 10.3. The van der Waals surface area contributed by atoms with Crippen LogP contribution in [0.5, 0.6) is 5.75 Å². The third kappa shape index (κ3) is 5.00. The van der Waals surface area contributed by atoms with Crippen molar-refractivity contribution in [1.82, 2.24) is 4.98 Å². The minimum atomic E-state index is -0.724. The van der Waals surface area contributed by atoms with E-state index in [4.69, 9.17) is 9.47 Å². The lowest BCUT2D eigenvalue weighted by molar-refractivity contribution is -0.127. The number of hydrogen-bond acceptors (Lipinski definition) is 8. The zero-order valence-corrected chi connectivity index (χ0v) is 22.9. The van der Waals surface area contributed by atoms with Crippen molar-refractivity contribution in [3.8, 4) is 17.0 Å². The van der Waals surface area contributed by atoms with Gasteiger partial charge in [-0.15, -0.1) is 22.7 Å². The van der Waals surface area contributed by atoms with Crippen molar-refractivity contribution < 1.29 is 23.9 Å². The number of carbonyl (C=O) groups is 3. The van der Waals surface area contributed by atoms with Gasteiger partial charge in [0.15, 0.2) is 6.10 Å². The van der Waals surface area contributed by atoms with Crippen molar-refractivity contribution in [1.29, 1.82) is 0 Å². The molecule has 3 heterocycles. The van der Waals surface area contributed by atoms with E-state index in [0.717, 1.165) is 46.0 Å². The molecule has 2 atom stereocenters. The minimum Gasteiger partial charge on any atom is -0.479 e. The number of ether oxygens (including phenoxy) is 2. The van der Waals surface area contributed by atoms with Crippen molar-refractivity contribution in [2.45, 2.75) is 53.1 Å². The topological polar surface area (TPSA) is 97.8 Å². The van der Waals surface area contributed by atoms with Gasteiger partial charge < -0.3 is 14.8 Å². The van der Waals surface area contributed by atoms with Crippen LogP contribution in [0.25, 0.3) is 11.3 Å². The number of aryl methyl sites for hydroxylation is 1. The third-order valence-corrected chi connectivity index (χ3v) is 8.57. The van der Waals surface area contributed by atoms with Gasteiger partial charge in [0.2, 0.25) is 5.91 Å². The summed E-state index contributed by atoms with van der Waals surface area (Å²) in [6.45, 7) is 7.60. The molecule has 2 aromatic heterocycles. The number of hydrogen-bond donors (Lipinski definition) is 1. The normalized spacial score (nSPS) is 18.6. The molecule has 0 saturated heterocycles. The van der Waals surface area contributed by atoms with Crippen molar-refractivity contribution in [3.05, 3.63) is 44.6 Å². The predicted molar refractivity (Wildman–Crippen MR) is 145 cm³/mol. The highest BCUT2D eigenvalue weighted by Crippen LogP contribution is 2.41. The Bertz CT molecular complexity index is 1380. The Morgan fingerprint density at radius 1 is 1.30 bits per heavy atom. The number of rotatable bonds is 6. The minimum absolute atomic E-state index is 0.208. The van der Waals surface area contributed by atoms with Crippen LogP contribution in [0.1, 0.15) is 53.0 Å². The van der Waals surface area contributed by atoms with Gasteiger partial charge in [0, 0.05) is 15.8 Å². The van der Waals surface area contributed by atoms with E-state index in [2.05, 4.69) is 17.2 Å². The second-order valence-electron chi connectivity index (χ2n) is 9.44. The largest absolute Gasteiger partial charge is 0.479 e. The van der Waals surface area contributed by atoms with Gasteiger partial charge in [0.25, 0.3) is 5.91 Å². The summed E-state index contributed by atoms with van der Waals surface area (Å²) in [5.74, 6) is -0.0676. The van der Waals surface area contributed by atoms with E-state index in [1.807, 2.05) is 24.4 Å². The standard InChI is InChI=1S/C27H29N3O5S2/c1-5-34-27(33)24-18-8-6-14(2)10-22(18)37-25(24)29-23(31)12-30-20-11-17(19-13-36-16(4)28-19)7-9-21(20)35-15(3)26(30)32/h7,9,11,13-15H,5-6,8,10,12H2,1-4H3,(H,29,31). The molecule has 5 rings (SSSR count). The number of aromatic nitrogens is 1. The summed E-state index contributed by atoms with van der Waals surface area (Å²) < 4.78 is 11.1. The monoisotopic (exact) mass is 539 g/mol. The number of carbonyl (C=O) groups excluding carboxylic acids is 3. The van der Waals surface area contributed by atoms with E-state index in [-0.39, 0.29) is 25.0 Å². The number of benzene rings is 1. The fourth-order valence-corrected chi connectivity index (χ4v) is 6.83. The summed E-state index contributed by atoms with van der Waals surface area (Å²) in [6, 6.07) is 5.54. The zero-order valence-electron chi connectivity index (χ0n) is 21.3. The van der Waals surface area contributed by atoms with Crippen LogP contribution in [0.4, 0.5) is 10.7 Å². The highest BCUT2D eigenvalue weighted by atomic mass is 32.1. The molecule has 1 N–H and O–H groups in total. The molecular formula is C27H29N3O5S2. The van der Waals surface area contributed by atoms with Crippen molar-refractivity contribution >= 4 is 51.1 Å². The summed E-state index contributed by atoms with van der Waals surface area (Å²) >= 11 is 2.98. The Morgan fingerprint density at radius 2 is 2.11 bits per heavy atom. The quantitative estimate of drug-likeness (QED) is 0.431. The first-order chi connectivity index (χ1) is 17.7. The molecule has 1 aliphatic carbocycles. The Labute approximate surface area is 223 Å². The Balaban J connectivity index is 1.43. The Morgan fingerprint density at radius 3 is 2.84 bits per heavy atom. The van der Waals surface area contributed by atoms with Crippen LogP contribution in [0.15, 0.2) is 23.6 Å². The van der Waals surface area contributed by atoms with E-state index < -0.39 is 12.1 Å². The number of fused-ring (bicyclic) bond motifs is 2. The van der Waals surface area contributed by atoms with Crippen LogP contribution in [0.2, 0.25) is 0 Å². The van der Waals surface area contributed by atoms with Gasteiger partial charge in [-0.3, -0.25) is 14.5 Å². The van der Waals surface area contributed by atoms with Gasteiger partial charge in [-0.25, -0.2) is 9.78 Å². The lowest BCUT2D eigenvalue weighted by Crippen LogP contribution is -2.47. The SMILES string of the molecule is CCOC(=O)c1c(NC(=O)CN2C(=O)C(C)Oc3ccc(-c4csc(C)n4)cc32)sc2c1CCC(C)C2. The maximum Gasteiger partial charge on any atom is 0.341 e. The first kappa shape index (κ1) is 25.4. The highest BCUT2D eigenvalue weighted by Gasteiger charge is 2.34. The van der Waals surface area contributed by atoms with Gasteiger partial charge in [-0.1, -0.05) is 6.92 Å². The first-order valence-electron chi connectivity index (χ1n) is 12.4. The molecule has 1 aromatic carbocycles. The molecule has 194 valence electrons. The van der Waals surface area contributed by atoms with E-state index >= 15 is 0 Å². The molecule has 37 heavy (non-hydrogen) atoms. The molecular weight excluding hydrogens is 510 g/mol. The van der Waals surface area contributed by atoms with E-state index in [0.29, 0.717) is 27.9 Å². The Kier molecular flexibility index (Phi) is 7.04. The first-order valence-corrected chi connectivity index (χ1v) is 14.1. The summed E-state index contributed by atoms with van der Waals surface area (Å²) in [6.07, 6.45) is 1.91. The highest BCUT2D eigenvalue weighted by molar-refractivity contribution is 7.17. The third-order valence-electron chi connectivity index (χ3n) is 6.63. The van der Waals surface area contributed by atoms with Crippen LogP contribution in [0, 0.1) is 12.8 Å². The molecule has 1 aliphatic heterocycles. The number of nitrogens with zero attached hydrogens (tertiary/aromatic N) is 2. The number of thiophene rings is 1. The van der Waals surface area contributed by atoms with E-state index in [1.54, 1.807) is 31.3 Å². The van der Waals surface area contributed by atoms with Crippen molar-refractivity contribution in [2.75, 3.05) is 23.4 Å². The molecule has 10 heteroatoms. The van der Waals surface area contributed by atoms with Gasteiger partial charge >= 0.3 is 5.97 Å². The van der Waals surface area contributed by atoms with E-state index in [9.17, 15) is 14.4 Å². The summed E-state index contributed by atoms with van der Waals surface area (Å²) in [4.78, 5) is 46.4. The number of anilines is 2. The maximum absolute atomic E-state index is 13.3. The van der Waals surface area contributed by atoms with Gasteiger partial charge in [-0.05, 0) is 69.7 Å². The molecule has 0 saturated carbocycles. The van der Waals surface area contributed by atoms with Crippen LogP contribution in [0.3, 0.4) is 0 Å². The van der Waals surface area contributed by atoms with Crippen molar-refractivity contribution in [3.63, 3.8) is 0 Å². The fourth-order valence-electron chi connectivity index (χ4n) is 4.79. The van der Waals surface area contributed by atoms with Crippen LogP contribution in [-0.4, -0.2) is 42.0 Å². The average molecular weight is 540 g/mol. The fraction of sp³-hybridized carbons (Fsp3) is 0.407. The molecule has 0 radical (unpaired) electrons. The summed E-state index contributed by atoms with van der Waals surface area (Å²) in [5, 5.41) is 6.30. The maximum atomic E-state index is 13.3. The lowest BCUT2D eigenvalue weighted by Gasteiger charge is -2.32. The molecule has 2 aliphatic rings. The number of esters is 1. The number of amides is 2. The Hall–Kier alpha value is -3.24. The molecule has 0 spiro atoms. The number of nitrogens with one attached hydrogen (secondary N) is 1. The van der Waals surface area contributed by atoms with Gasteiger partial charge in [0.05, 0.1) is 28.6 Å². The van der Waals surface area contributed by atoms with Crippen LogP contribution >= 0.6 is 22.7 Å².